The van der Waals surface area contributed by atoms with Gasteiger partial charge in [0.25, 0.3) is 5.89 Å². The van der Waals surface area contributed by atoms with E-state index in [1.807, 2.05) is 6.92 Å². The lowest BCUT2D eigenvalue weighted by atomic mass is 10.2. The third kappa shape index (κ3) is 2.53. The van der Waals surface area contributed by atoms with Gasteiger partial charge >= 0.3 is 0 Å². The minimum Gasteiger partial charge on any atom is -0.507 e. The molecule has 0 aliphatic carbocycles. The Morgan fingerprint density at radius 3 is 2.57 bits per heavy atom. The number of methoxy groups -OCH3 is 1. The molecule has 0 saturated carbocycles. The average Bonchev–Trinajstić information content (AvgIpc) is 2.97. The fourth-order valence-electron chi connectivity index (χ4n) is 1.75. The van der Waals surface area contributed by atoms with Crippen molar-refractivity contribution < 1.29 is 14.4 Å². The fraction of sp³-hybridized carbons (Fsp3) is 0.143. The van der Waals surface area contributed by atoms with Gasteiger partial charge in [0.05, 0.1) is 12.7 Å². The van der Waals surface area contributed by atoms with E-state index in [0.717, 1.165) is 5.56 Å². The fourth-order valence-corrected chi connectivity index (χ4v) is 1.75. The first-order chi connectivity index (χ1) is 10.2. The van der Waals surface area contributed by atoms with E-state index in [2.05, 4.69) is 20.1 Å². The number of aryl methyl sites for hydroxylation is 1. The van der Waals surface area contributed by atoms with Gasteiger partial charge in [-0.2, -0.15) is 4.98 Å². The third-order valence-electron chi connectivity index (χ3n) is 2.84. The maximum atomic E-state index is 9.95. The Kier molecular flexibility index (Phi) is 3.23. The Labute approximate surface area is 120 Å². The second-order valence-electron chi connectivity index (χ2n) is 4.39. The highest BCUT2D eigenvalue weighted by atomic mass is 16.5. The van der Waals surface area contributed by atoms with E-state index in [0.29, 0.717) is 17.1 Å². The predicted molar refractivity (Wildman–Crippen MR) is 73.7 cm³/mol. The van der Waals surface area contributed by atoms with E-state index >= 15 is 0 Å². The summed E-state index contributed by atoms with van der Waals surface area (Å²) in [5.74, 6) is 1.35. The van der Waals surface area contributed by atoms with Crippen LogP contribution in [0.3, 0.4) is 0 Å². The summed E-state index contributed by atoms with van der Waals surface area (Å²) in [4.78, 5) is 12.4. The van der Waals surface area contributed by atoms with E-state index in [-0.39, 0.29) is 17.5 Å². The second-order valence-corrected chi connectivity index (χ2v) is 4.39. The van der Waals surface area contributed by atoms with E-state index in [1.165, 1.54) is 13.2 Å². The van der Waals surface area contributed by atoms with Gasteiger partial charge in [-0.1, -0.05) is 5.16 Å². The SMILES string of the molecule is COc1ccc(-c2nc(-c3ncc(C)cn3)no2)c(O)c1. The van der Waals surface area contributed by atoms with Crippen molar-refractivity contribution in [2.45, 2.75) is 6.92 Å². The molecule has 2 heterocycles. The van der Waals surface area contributed by atoms with E-state index in [9.17, 15) is 5.11 Å². The van der Waals surface area contributed by atoms with Crippen molar-refractivity contribution in [2.75, 3.05) is 7.11 Å². The summed E-state index contributed by atoms with van der Waals surface area (Å²) in [6.07, 6.45) is 3.34. The Hall–Kier alpha value is -2.96. The molecule has 0 atom stereocenters. The van der Waals surface area contributed by atoms with Crippen LogP contribution in [0.4, 0.5) is 0 Å². The lowest BCUT2D eigenvalue weighted by Crippen LogP contribution is -1.91. The lowest BCUT2D eigenvalue weighted by molar-refractivity contribution is 0.405. The highest BCUT2D eigenvalue weighted by molar-refractivity contribution is 5.65. The number of aromatic hydroxyl groups is 1. The smallest absolute Gasteiger partial charge is 0.262 e. The minimum absolute atomic E-state index is 0.00521. The van der Waals surface area contributed by atoms with E-state index < -0.39 is 0 Å². The molecular weight excluding hydrogens is 272 g/mol. The van der Waals surface area contributed by atoms with Crippen LogP contribution in [0.15, 0.2) is 35.1 Å². The van der Waals surface area contributed by atoms with Gasteiger partial charge in [-0.05, 0) is 24.6 Å². The molecule has 0 amide bonds. The van der Waals surface area contributed by atoms with Crippen LogP contribution in [0.1, 0.15) is 5.56 Å². The third-order valence-corrected chi connectivity index (χ3v) is 2.84. The molecule has 3 rings (SSSR count). The van der Waals surface area contributed by atoms with Crippen molar-refractivity contribution in [1.82, 2.24) is 20.1 Å². The molecule has 21 heavy (non-hydrogen) atoms. The zero-order chi connectivity index (χ0) is 14.8. The van der Waals surface area contributed by atoms with E-state index in [4.69, 9.17) is 9.26 Å². The molecule has 2 aromatic heterocycles. The van der Waals surface area contributed by atoms with Gasteiger partial charge in [0.15, 0.2) is 0 Å². The summed E-state index contributed by atoms with van der Waals surface area (Å²) in [5, 5.41) is 13.8. The topological polar surface area (TPSA) is 94.2 Å². The Bertz CT molecular complexity index is 768. The molecule has 7 heteroatoms. The molecule has 0 aliphatic heterocycles. The number of hydrogen-bond acceptors (Lipinski definition) is 7. The van der Waals surface area contributed by atoms with Crippen LogP contribution in [0.2, 0.25) is 0 Å². The quantitative estimate of drug-likeness (QED) is 0.787. The zero-order valence-corrected chi connectivity index (χ0v) is 11.4. The number of ether oxygens (including phenoxy) is 1. The van der Waals surface area contributed by atoms with Crippen molar-refractivity contribution in [2.24, 2.45) is 0 Å². The lowest BCUT2D eigenvalue weighted by Gasteiger charge is -2.02. The number of nitrogens with zero attached hydrogens (tertiary/aromatic N) is 4. The molecule has 0 radical (unpaired) electrons. The Morgan fingerprint density at radius 2 is 1.90 bits per heavy atom. The summed E-state index contributed by atoms with van der Waals surface area (Å²) in [5.41, 5.74) is 1.36. The van der Waals surface area contributed by atoms with Crippen molar-refractivity contribution in [3.63, 3.8) is 0 Å². The highest BCUT2D eigenvalue weighted by Crippen LogP contribution is 2.31. The largest absolute Gasteiger partial charge is 0.507 e. The maximum absolute atomic E-state index is 9.95. The van der Waals surface area contributed by atoms with Crippen LogP contribution in [-0.2, 0) is 0 Å². The first-order valence-corrected chi connectivity index (χ1v) is 6.17. The van der Waals surface area contributed by atoms with Crippen LogP contribution in [0.25, 0.3) is 23.1 Å². The number of rotatable bonds is 3. The summed E-state index contributed by atoms with van der Waals surface area (Å²) in [6, 6.07) is 4.81. The van der Waals surface area contributed by atoms with E-state index in [1.54, 1.807) is 24.5 Å². The van der Waals surface area contributed by atoms with Gasteiger partial charge in [-0.15, -0.1) is 0 Å². The molecule has 1 aromatic carbocycles. The molecule has 0 aliphatic rings. The minimum atomic E-state index is -0.00521. The standard InChI is InChI=1S/C14H12N4O3/c1-8-6-15-12(16-7-8)13-17-14(21-18-13)10-4-3-9(20-2)5-11(10)19/h3-7,19H,1-2H3. The molecule has 0 spiro atoms. The molecule has 3 aromatic rings. The first-order valence-electron chi connectivity index (χ1n) is 6.17. The van der Waals surface area contributed by atoms with Gasteiger partial charge in [-0.25, -0.2) is 9.97 Å². The monoisotopic (exact) mass is 284 g/mol. The molecule has 0 fully saturated rings. The zero-order valence-electron chi connectivity index (χ0n) is 11.4. The van der Waals surface area contributed by atoms with Crippen molar-refractivity contribution in [1.29, 1.82) is 0 Å². The van der Waals surface area contributed by atoms with Crippen LogP contribution in [0.5, 0.6) is 11.5 Å². The maximum Gasteiger partial charge on any atom is 0.262 e. The molecule has 0 bridgehead atoms. The highest BCUT2D eigenvalue weighted by Gasteiger charge is 2.15. The molecule has 106 valence electrons. The molecule has 0 saturated heterocycles. The van der Waals surface area contributed by atoms with Crippen LogP contribution >= 0.6 is 0 Å². The average molecular weight is 284 g/mol. The van der Waals surface area contributed by atoms with Crippen molar-refractivity contribution >= 4 is 0 Å². The molecular formula is C14H12N4O3. The summed E-state index contributed by atoms with van der Waals surface area (Å²) in [6.45, 7) is 1.89. The predicted octanol–water partition coefficient (Wildman–Crippen LogP) is 2.22. The van der Waals surface area contributed by atoms with Crippen LogP contribution in [-0.4, -0.2) is 32.3 Å². The Balaban J connectivity index is 1.96. The number of phenolic OH excluding ortho intramolecular Hbond substituents is 1. The van der Waals surface area contributed by atoms with Gasteiger partial charge in [0, 0.05) is 18.5 Å². The number of hydrogen-bond donors (Lipinski definition) is 1. The molecule has 0 unspecified atom stereocenters. The summed E-state index contributed by atoms with van der Waals surface area (Å²) >= 11 is 0. The van der Waals surface area contributed by atoms with Crippen molar-refractivity contribution in [3.8, 4) is 34.6 Å². The number of phenols is 1. The normalized spacial score (nSPS) is 10.6. The van der Waals surface area contributed by atoms with Gasteiger partial charge < -0.3 is 14.4 Å². The van der Waals surface area contributed by atoms with Gasteiger partial charge in [0.2, 0.25) is 11.6 Å². The van der Waals surface area contributed by atoms with Crippen LogP contribution in [0, 0.1) is 6.92 Å². The van der Waals surface area contributed by atoms with Gasteiger partial charge in [-0.3, -0.25) is 0 Å². The van der Waals surface area contributed by atoms with Crippen LogP contribution < -0.4 is 4.74 Å². The Morgan fingerprint density at radius 1 is 1.14 bits per heavy atom. The molecule has 1 N–H and O–H groups in total. The number of benzene rings is 1. The summed E-state index contributed by atoms with van der Waals surface area (Å²) < 4.78 is 10.2. The number of aromatic nitrogens is 4. The first kappa shape index (κ1) is 13.0. The molecule has 7 nitrogen and oxygen atoms in total. The van der Waals surface area contributed by atoms with Gasteiger partial charge in [0.1, 0.15) is 11.5 Å². The second kappa shape index (κ2) is 5.20. The summed E-state index contributed by atoms with van der Waals surface area (Å²) in [7, 11) is 1.52. The van der Waals surface area contributed by atoms with Crippen molar-refractivity contribution in [3.05, 3.63) is 36.2 Å².